The molecule has 0 fully saturated rings. The van der Waals surface area contributed by atoms with E-state index in [0.29, 0.717) is 6.42 Å². The Morgan fingerprint density at radius 3 is 2.39 bits per heavy atom. The summed E-state index contributed by atoms with van der Waals surface area (Å²) in [6.45, 7) is 3.97. The lowest BCUT2D eigenvalue weighted by Crippen LogP contribution is -2.26. The highest BCUT2D eigenvalue weighted by atomic mass is 16.5. The van der Waals surface area contributed by atoms with E-state index in [4.69, 9.17) is 10.5 Å². The molecule has 0 aliphatic heterocycles. The summed E-state index contributed by atoms with van der Waals surface area (Å²) >= 11 is 0. The molecule has 1 aromatic carbocycles. The van der Waals surface area contributed by atoms with Crippen LogP contribution in [0.3, 0.4) is 0 Å². The highest BCUT2D eigenvalue weighted by Crippen LogP contribution is 2.15. The number of nitrogens with two attached hydrogens (primary N) is 1. The number of benzene rings is 1. The first-order valence-corrected chi connectivity index (χ1v) is 6.09. The van der Waals surface area contributed by atoms with Gasteiger partial charge in [-0.15, -0.1) is 0 Å². The normalized spacial score (nSPS) is 12.3. The van der Waals surface area contributed by atoms with E-state index in [0.717, 1.165) is 11.3 Å². The van der Waals surface area contributed by atoms with E-state index in [1.807, 2.05) is 38.1 Å². The first-order chi connectivity index (χ1) is 8.51. The third-order valence-corrected chi connectivity index (χ3v) is 2.45. The molecule has 0 heterocycles. The molecule has 4 heteroatoms. The molecule has 18 heavy (non-hydrogen) atoms. The van der Waals surface area contributed by atoms with Crippen molar-refractivity contribution in [2.75, 3.05) is 7.11 Å². The van der Waals surface area contributed by atoms with Crippen LogP contribution < -0.4 is 10.5 Å². The van der Waals surface area contributed by atoms with Gasteiger partial charge < -0.3 is 15.2 Å². The third-order valence-electron chi connectivity index (χ3n) is 2.45. The van der Waals surface area contributed by atoms with Crippen molar-refractivity contribution in [1.82, 2.24) is 0 Å². The van der Waals surface area contributed by atoms with E-state index < -0.39 is 0 Å². The van der Waals surface area contributed by atoms with E-state index in [1.54, 1.807) is 0 Å². The van der Waals surface area contributed by atoms with Crippen molar-refractivity contribution in [1.29, 1.82) is 0 Å². The van der Waals surface area contributed by atoms with Crippen molar-refractivity contribution >= 4 is 5.97 Å². The number of ether oxygens (including phenoxy) is 2. The van der Waals surface area contributed by atoms with Crippen molar-refractivity contribution in [2.24, 2.45) is 5.73 Å². The van der Waals surface area contributed by atoms with Crippen LogP contribution >= 0.6 is 0 Å². The zero-order chi connectivity index (χ0) is 13.5. The molecule has 100 valence electrons. The average Bonchev–Trinajstić information content (AvgIpc) is 2.30. The summed E-state index contributed by atoms with van der Waals surface area (Å²) in [5.74, 6) is 0.567. The van der Waals surface area contributed by atoms with Crippen LogP contribution in [0.25, 0.3) is 0 Å². The Morgan fingerprint density at radius 2 is 1.89 bits per heavy atom. The number of carbonyl (C=O) groups is 1. The zero-order valence-corrected chi connectivity index (χ0v) is 11.2. The molecule has 0 amide bonds. The summed E-state index contributed by atoms with van der Waals surface area (Å²) in [6, 6.07) is 7.55. The van der Waals surface area contributed by atoms with Gasteiger partial charge in [0.15, 0.2) is 0 Å². The van der Waals surface area contributed by atoms with Crippen molar-refractivity contribution in [3.63, 3.8) is 0 Å². The van der Waals surface area contributed by atoms with Gasteiger partial charge in [-0.2, -0.15) is 0 Å². The molecule has 0 saturated carbocycles. The Balaban J connectivity index is 2.50. The maximum atomic E-state index is 11.1. The van der Waals surface area contributed by atoms with Gasteiger partial charge >= 0.3 is 5.97 Å². The SMILES string of the molecule is COC(=O)CC(N)Cc1ccc(OC(C)C)cc1. The zero-order valence-electron chi connectivity index (χ0n) is 11.2. The molecule has 1 unspecified atom stereocenters. The number of methoxy groups -OCH3 is 1. The largest absolute Gasteiger partial charge is 0.491 e. The highest BCUT2D eigenvalue weighted by molar-refractivity contribution is 5.69. The van der Waals surface area contributed by atoms with E-state index >= 15 is 0 Å². The van der Waals surface area contributed by atoms with Gasteiger partial charge in [0.25, 0.3) is 0 Å². The van der Waals surface area contributed by atoms with Crippen LogP contribution in [0, 0.1) is 0 Å². The molecule has 2 N–H and O–H groups in total. The first kappa shape index (κ1) is 14.5. The minimum absolute atomic E-state index is 0.164. The second kappa shape index (κ2) is 7.01. The molecule has 0 radical (unpaired) electrons. The van der Waals surface area contributed by atoms with E-state index in [9.17, 15) is 4.79 Å². The van der Waals surface area contributed by atoms with Gasteiger partial charge in [0, 0.05) is 6.04 Å². The van der Waals surface area contributed by atoms with Gasteiger partial charge in [-0.3, -0.25) is 4.79 Å². The number of rotatable bonds is 6. The van der Waals surface area contributed by atoms with Gasteiger partial charge in [0.05, 0.1) is 19.6 Å². The molecule has 0 aliphatic rings. The predicted molar refractivity (Wildman–Crippen MR) is 70.5 cm³/mol. The summed E-state index contributed by atoms with van der Waals surface area (Å²) in [7, 11) is 1.37. The fourth-order valence-electron chi connectivity index (χ4n) is 1.65. The monoisotopic (exact) mass is 251 g/mol. The Kier molecular flexibility index (Phi) is 5.65. The van der Waals surface area contributed by atoms with Crippen molar-refractivity contribution in [3.8, 4) is 5.75 Å². The minimum Gasteiger partial charge on any atom is -0.491 e. The lowest BCUT2D eigenvalue weighted by molar-refractivity contribution is -0.140. The summed E-state index contributed by atoms with van der Waals surface area (Å²) in [6.07, 6.45) is 1.05. The molecule has 0 aromatic heterocycles. The van der Waals surface area contributed by atoms with Crippen LogP contribution in [0.4, 0.5) is 0 Å². The van der Waals surface area contributed by atoms with Crippen LogP contribution in [0.2, 0.25) is 0 Å². The molecule has 1 aromatic rings. The van der Waals surface area contributed by atoms with E-state index in [2.05, 4.69) is 4.74 Å². The third kappa shape index (κ3) is 5.19. The smallest absolute Gasteiger partial charge is 0.307 e. The lowest BCUT2D eigenvalue weighted by Gasteiger charge is -2.12. The molecule has 4 nitrogen and oxygen atoms in total. The number of carbonyl (C=O) groups excluding carboxylic acids is 1. The number of hydrogen-bond acceptors (Lipinski definition) is 4. The molecule has 1 rings (SSSR count). The van der Waals surface area contributed by atoms with Gasteiger partial charge in [-0.25, -0.2) is 0 Å². The second-order valence-electron chi connectivity index (χ2n) is 4.56. The Morgan fingerprint density at radius 1 is 1.28 bits per heavy atom. The van der Waals surface area contributed by atoms with Gasteiger partial charge in [0.2, 0.25) is 0 Å². The molecule has 1 atom stereocenters. The summed E-state index contributed by atoms with van der Waals surface area (Å²) in [5, 5.41) is 0. The molecule has 0 bridgehead atoms. The maximum Gasteiger partial charge on any atom is 0.307 e. The van der Waals surface area contributed by atoms with Gasteiger partial charge in [-0.1, -0.05) is 12.1 Å². The first-order valence-electron chi connectivity index (χ1n) is 6.09. The van der Waals surface area contributed by atoms with Crippen LogP contribution in [0.5, 0.6) is 5.75 Å². The van der Waals surface area contributed by atoms with Crippen molar-refractivity contribution in [3.05, 3.63) is 29.8 Å². The van der Waals surface area contributed by atoms with Gasteiger partial charge in [-0.05, 0) is 38.0 Å². The summed E-state index contributed by atoms with van der Waals surface area (Å²) in [5.41, 5.74) is 6.95. The standard InChI is InChI=1S/C14H21NO3/c1-10(2)18-13-6-4-11(5-7-13)8-12(15)9-14(16)17-3/h4-7,10,12H,8-9,15H2,1-3H3. The molecular weight excluding hydrogens is 230 g/mol. The Labute approximate surface area is 108 Å². The topological polar surface area (TPSA) is 61.5 Å². The predicted octanol–water partition coefficient (Wildman–Crippen LogP) is 1.91. The Hall–Kier alpha value is -1.55. The molecule has 0 aliphatic carbocycles. The second-order valence-corrected chi connectivity index (χ2v) is 4.56. The van der Waals surface area contributed by atoms with Crippen molar-refractivity contribution < 1.29 is 14.3 Å². The maximum absolute atomic E-state index is 11.1. The van der Waals surface area contributed by atoms with Crippen LogP contribution in [-0.2, 0) is 16.0 Å². The highest BCUT2D eigenvalue weighted by Gasteiger charge is 2.10. The lowest BCUT2D eigenvalue weighted by atomic mass is 10.0. The fourth-order valence-corrected chi connectivity index (χ4v) is 1.65. The molecule has 0 saturated heterocycles. The summed E-state index contributed by atoms with van der Waals surface area (Å²) < 4.78 is 10.1. The van der Waals surface area contributed by atoms with Crippen LogP contribution in [0.1, 0.15) is 25.8 Å². The Bertz CT molecular complexity index is 373. The van der Waals surface area contributed by atoms with Gasteiger partial charge in [0.1, 0.15) is 5.75 Å². The van der Waals surface area contributed by atoms with Crippen LogP contribution in [0.15, 0.2) is 24.3 Å². The minimum atomic E-state index is -0.276. The molecule has 0 spiro atoms. The van der Waals surface area contributed by atoms with Crippen molar-refractivity contribution in [2.45, 2.75) is 38.8 Å². The van der Waals surface area contributed by atoms with E-state index in [1.165, 1.54) is 7.11 Å². The van der Waals surface area contributed by atoms with Crippen LogP contribution in [-0.4, -0.2) is 25.2 Å². The average molecular weight is 251 g/mol. The quantitative estimate of drug-likeness (QED) is 0.784. The fraction of sp³-hybridized carbons (Fsp3) is 0.500. The number of esters is 1. The van der Waals surface area contributed by atoms with E-state index in [-0.39, 0.29) is 24.5 Å². The number of hydrogen-bond donors (Lipinski definition) is 1. The summed E-state index contributed by atoms with van der Waals surface area (Å²) in [4.78, 5) is 11.1. The molecular formula is C14H21NO3.